The van der Waals surface area contributed by atoms with E-state index in [0.717, 1.165) is 24.9 Å². The highest BCUT2D eigenvalue weighted by Gasteiger charge is 2.20. The van der Waals surface area contributed by atoms with E-state index < -0.39 is 19.9 Å². The van der Waals surface area contributed by atoms with Gasteiger partial charge in [-0.2, -0.15) is 0 Å². The monoisotopic (exact) mass is 252 g/mol. The molecule has 18 heavy (non-hydrogen) atoms. The summed E-state index contributed by atoms with van der Waals surface area (Å²) in [4.78, 5) is 12.4. The Morgan fingerprint density at radius 2 is 2.11 bits per heavy atom. The quantitative estimate of drug-likeness (QED) is 0.875. The maximum absolute atomic E-state index is 12.4. The molecular formula is C15H22N2O. The van der Waals surface area contributed by atoms with Crippen LogP contribution in [0.1, 0.15) is 49.8 Å². The molecule has 98 valence electrons. The van der Waals surface area contributed by atoms with Gasteiger partial charge in [-0.05, 0) is 49.9 Å². The van der Waals surface area contributed by atoms with E-state index in [1.807, 2.05) is 0 Å². The van der Waals surface area contributed by atoms with Gasteiger partial charge < -0.3 is 10.2 Å². The van der Waals surface area contributed by atoms with Gasteiger partial charge in [0.15, 0.2) is 0 Å². The van der Waals surface area contributed by atoms with Crippen LogP contribution in [0.5, 0.6) is 0 Å². The topological polar surface area (TPSA) is 32.3 Å². The predicted molar refractivity (Wildman–Crippen MR) is 73.9 cm³/mol. The Morgan fingerprint density at radius 3 is 2.72 bits per heavy atom. The van der Waals surface area contributed by atoms with Crippen LogP contribution in [-0.4, -0.2) is 37.3 Å². The minimum atomic E-state index is -3.02. The van der Waals surface area contributed by atoms with Crippen molar-refractivity contribution in [3.63, 3.8) is 0 Å². The van der Waals surface area contributed by atoms with E-state index in [0.29, 0.717) is 12.0 Å². The summed E-state index contributed by atoms with van der Waals surface area (Å²) in [5.41, 5.74) is 1.14. The molecule has 1 aromatic rings. The minimum Gasteiger partial charge on any atom is -0.345 e. The number of carbonyl (C=O) groups excluding carboxylic acids is 1. The van der Waals surface area contributed by atoms with E-state index in [1.165, 1.54) is 12.1 Å². The Balaban J connectivity index is 2.21. The van der Waals surface area contributed by atoms with Crippen molar-refractivity contribution >= 4 is 5.91 Å². The van der Waals surface area contributed by atoms with E-state index in [9.17, 15) is 4.79 Å². The van der Waals surface area contributed by atoms with Gasteiger partial charge in [-0.1, -0.05) is 12.1 Å². The first kappa shape index (κ1) is 7.29. The van der Waals surface area contributed by atoms with Crippen LogP contribution >= 0.6 is 0 Å². The van der Waals surface area contributed by atoms with Crippen molar-refractivity contribution in [1.82, 2.24) is 10.2 Å². The standard InChI is InChI=1S/C15H22N2O/c1-11-10-14(8-9-16-11)12-4-6-13(7-5-12)15(18)17(2)3/h4-7,11,14,16H,8-10H2,1-3H3/t11-,14-/m1/s1/i2D3,3D3. The number of rotatable bonds is 2. The Morgan fingerprint density at radius 1 is 1.39 bits per heavy atom. The molecule has 1 aliphatic heterocycles. The van der Waals surface area contributed by atoms with Crippen molar-refractivity contribution in [3.8, 4) is 0 Å². The summed E-state index contributed by atoms with van der Waals surface area (Å²) in [6.45, 7) is -3.00. The van der Waals surface area contributed by atoms with Gasteiger partial charge in [0, 0.05) is 33.8 Å². The smallest absolute Gasteiger partial charge is 0.253 e. The number of benzene rings is 1. The third-order valence-corrected chi connectivity index (χ3v) is 3.46. The SMILES string of the molecule is [2H]C([2H])([2H])N(C(=O)c1ccc([C@@H]2CCN[C@H](C)C2)cc1)C([2H])([2H])[2H]. The molecule has 3 nitrogen and oxygen atoms in total. The molecule has 1 aromatic carbocycles. The number of piperidine rings is 1. The molecule has 1 aliphatic rings. The van der Waals surface area contributed by atoms with Crippen molar-refractivity contribution in [2.24, 2.45) is 0 Å². The van der Waals surface area contributed by atoms with E-state index >= 15 is 0 Å². The van der Waals surface area contributed by atoms with Gasteiger partial charge in [-0.25, -0.2) is 0 Å². The summed E-state index contributed by atoms with van der Waals surface area (Å²) in [6, 6.07) is 7.01. The molecule has 2 rings (SSSR count). The Bertz CT molecular complexity index is 567. The Hall–Kier alpha value is -1.35. The lowest BCUT2D eigenvalue weighted by Gasteiger charge is -2.28. The normalized spacial score (nSPS) is 30.1. The van der Waals surface area contributed by atoms with E-state index in [4.69, 9.17) is 8.22 Å². The molecular weight excluding hydrogens is 224 g/mol. The third-order valence-electron chi connectivity index (χ3n) is 3.46. The first-order valence-corrected chi connectivity index (χ1v) is 6.18. The highest BCUT2D eigenvalue weighted by molar-refractivity contribution is 5.93. The average molecular weight is 252 g/mol. The lowest BCUT2D eigenvalue weighted by molar-refractivity contribution is 0.0827. The zero-order valence-electron chi connectivity index (χ0n) is 16.4. The van der Waals surface area contributed by atoms with Crippen LogP contribution in [-0.2, 0) is 0 Å². The molecule has 0 aromatic heterocycles. The zero-order chi connectivity index (χ0) is 18.1. The van der Waals surface area contributed by atoms with E-state index in [2.05, 4.69) is 12.2 Å². The maximum Gasteiger partial charge on any atom is 0.253 e. The van der Waals surface area contributed by atoms with Crippen molar-refractivity contribution in [3.05, 3.63) is 35.4 Å². The Kier molecular flexibility index (Phi) is 2.24. The molecule has 0 radical (unpaired) electrons. The van der Waals surface area contributed by atoms with Gasteiger partial charge in [0.1, 0.15) is 0 Å². The molecule has 1 heterocycles. The summed E-state index contributed by atoms with van der Waals surface area (Å²) in [5.74, 6) is -0.632. The summed E-state index contributed by atoms with van der Waals surface area (Å²) in [7, 11) is 0. The van der Waals surface area contributed by atoms with Gasteiger partial charge >= 0.3 is 0 Å². The van der Waals surface area contributed by atoms with E-state index in [-0.39, 0.29) is 10.5 Å². The van der Waals surface area contributed by atoms with Crippen molar-refractivity contribution in [2.45, 2.75) is 31.7 Å². The molecule has 0 aliphatic carbocycles. The fraction of sp³-hybridized carbons (Fsp3) is 0.533. The molecule has 3 heteroatoms. The molecule has 1 N–H and O–H groups in total. The lowest BCUT2D eigenvalue weighted by atomic mass is 9.86. The minimum absolute atomic E-state index is 0.0123. The summed E-state index contributed by atoms with van der Waals surface area (Å²) < 4.78 is 43.9. The second-order valence-corrected chi connectivity index (χ2v) is 4.84. The van der Waals surface area contributed by atoms with Gasteiger partial charge in [0.25, 0.3) is 5.91 Å². The number of hydrogen-bond acceptors (Lipinski definition) is 2. The van der Waals surface area contributed by atoms with E-state index in [1.54, 1.807) is 12.1 Å². The van der Waals surface area contributed by atoms with Crippen LogP contribution < -0.4 is 5.32 Å². The van der Waals surface area contributed by atoms with Crippen LogP contribution in [0.3, 0.4) is 0 Å². The van der Waals surface area contributed by atoms with Gasteiger partial charge in [0.05, 0.1) is 0 Å². The molecule has 0 bridgehead atoms. The molecule has 0 unspecified atom stereocenters. The van der Waals surface area contributed by atoms with Crippen molar-refractivity contribution in [2.75, 3.05) is 20.5 Å². The summed E-state index contributed by atoms with van der Waals surface area (Å²) in [6.07, 6.45) is 1.98. The first-order valence-electron chi connectivity index (χ1n) is 9.18. The number of amides is 1. The summed E-state index contributed by atoms with van der Waals surface area (Å²) in [5, 5.41) is 3.37. The van der Waals surface area contributed by atoms with Gasteiger partial charge in [-0.3, -0.25) is 4.79 Å². The second kappa shape index (κ2) is 5.53. The fourth-order valence-corrected chi connectivity index (χ4v) is 2.46. The lowest BCUT2D eigenvalue weighted by Crippen LogP contribution is -2.34. The van der Waals surface area contributed by atoms with Crippen LogP contribution in [0.15, 0.2) is 24.3 Å². The molecule has 0 saturated carbocycles. The number of nitrogens with one attached hydrogen (secondary N) is 1. The van der Waals surface area contributed by atoms with Crippen LogP contribution in [0, 0.1) is 0 Å². The summed E-state index contributed by atoms with van der Waals surface area (Å²) >= 11 is 0. The highest BCUT2D eigenvalue weighted by Crippen LogP contribution is 2.27. The Labute approximate surface area is 118 Å². The highest BCUT2D eigenvalue weighted by atomic mass is 16.2. The molecule has 1 saturated heterocycles. The number of hydrogen-bond donors (Lipinski definition) is 1. The molecule has 1 amide bonds. The van der Waals surface area contributed by atoms with Gasteiger partial charge in [0.2, 0.25) is 0 Å². The number of nitrogens with zero attached hydrogens (tertiary/aromatic N) is 1. The molecule has 0 spiro atoms. The largest absolute Gasteiger partial charge is 0.345 e. The third kappa shape index (κ3) is 2.91. The number of carbonyl (C=O) groups is 1. The fourth-order valence-electron chi connectivity index (χ4n) is 2.46. The van der Waals surface area contributed by atoms with Crippen LogP contribution in [0.2, 0.25) is 0 Å². The predicted octanol–water partition coefficient (Wildman–Crippen LogP) is 2.24. The molecule has 2 atom stereocenters. The van der Waals surface area contributed by atoms with Crippen molar-refractivity contribution in [1.29, 1.82) is 0 Å². The average Bonchev–Trinajstić information content (AvgIpc) is 2.44. The first-order chi connectivity index (χ1) is 11.0. The second-order valence-electron chi connectivity index (χ2n) is 4.84. The molecule has 1 fully saturated rings. The van der Waals surface area contributed by atoms with Gasteiger partial charge in [-0.15, -0.1) is 0 Å². The maximum atomic E-state index is 12.4. The van der Waals surface area contributed by atoms with Crippen LogP contribution in [0.4, 0.5) is 0 Å². The zero-order valence-corrected chi connectivity index (χ0v) is 10.4. The van der Waals surface area contributed by atoms with Crippen LogP contribution in [0.25, 0.3) is 0 Å². The van der Waals surface area contributed by atoms with Crippen molar-refractivity contribution < 1.29 is 13.0 Å².